The van der Waals surface area contributed by atoms with Crippen molar-refractivity contribution in [2.75, 3.05) is 26.2 Å². The van der Waals surface area contributed by atoms with Crippen molar-refractivity contribution in [2.24, 2.45) is 0 Å². The first kappa shape index (κ1) is 20.0. The Kier molecular flexibility index (Phi) is 7.59. The molecule has 0 unspecified atom stereocenters. The van der Waals surface area contributed by atoms with Crippen LogP contribution in [0.15, 0.2) is 12.2 Å². The molecule has 0 aromatic carbocycles. The molecule has 0 saturated carbocycles. The highest BCUT2D eigenvalue weighted by atomic mass is 16.6. The third-order valence-corrected chi connectivity index (χ3v) is 4.36. The zero-order valence-corrected chi connectivity index (χ0v) is 16.0. The molecular formula is C19H36N2O2. The highest BCUT2D eigenvalue weighted by Crippen LogP contribution is 2.25. The summed E-state index contributed by atoms with van der Waals surface area (Å²) in [5.41, 5.74) is -0.589. The minimum Gasteiger partial charge on any atom is -0.444 e. The van der Waals surface area contributed by atoms with E-state index in [0.29, 0.717) is 0 Å². The Morgan fingerprint density at radius 2 is 1.87 bits per heavy atom. The maximum Gasteiger partial charge on any atom is 0.410 e. The maximum absolute atomic E-state index is 12.5. The van der Waals surface area contributed by atoms with E-state index in [1.54, 1.807) is 0 Å². The van der Waals surface area contributed by atoms with E-state index in [-0.39, 0.29) is 11.6 Å². The molecule has 134 valence electrons. The van der Waals surface area contributed by atoms with E-state index < -0.39 is 5.60 Å². The second kappa shape index (κ2) is 8.72. The molecule has 0 spiro atoms. The normalized spacial score (nSPS) is 19.8. The van der Waals surface area contributed by atoms with Gasteiger partial charge in [0.2, 0.25) is 0 Å². The molecule has 0 bridgehead atoms. The molecule has 23 heavy (non-hydrogen) atoms. The van der Waals surface area contributed by atoms with Crippen LogP contribution in [0.3, 0.4) is 0 Å². The number of carbonyl (C=O) groups excluding carboxylic acids is 1. The zero-order valence-electron chi connectivity index (χ0n) is 16.0. The lowest BCUT2D eigenvalue weighted by Gasteiger charge is -2.37. The standard InChI is InChI=1S/C19H36N2O2/c1-7-8-9-10-11-13-20-14-12-19(5,6)21(16-15-20)17(22)23-18(2,3)4/h7-8H,9-16H2,1-6H3/b8-7-. The van der Waals surface area contributed by atoms with Gasteiger partial charge in [0.1, 0.15) is 5.60 Å². The molecule has 0 aliphatic carbocycles. The summed E-state index contributed by atoms with van der Waals surface area (Å²) in [6, 6.07) is 0. The van der Waals surface area contributed by atoms with Crippen LogP contribution >= 0.6 is 0 Å². The number of hydrogen-bond donors (Lipinski definition) is 0. The number of ether oxygens (including phenoxy) is 1. The van der Waals surface area contributed by atoms with Gasteiger partial charge in [-0.25, -0.2) is 4.79 Å². The van der Waals surface area contributed by atoms with Crippen LogP contribution in [0.1, 0.15) is 67.2 Å². The quantitative estimate of drug-likeness (QED) is 0.553. The van der Waals surface area contributed by atoms with Crippen molar-refractivity contribution in [3.63, 3.8) is 0 Å². The number of rotatable bonds is 5. The molecular weight excluding hydrogens is 288 g/mol. The average molecular weight is 325 g/mol. The van der Waals surface area contributed by atoms with Crippen LogP contribution in [0.4, 0.5) is 4.79 Å². The Labute approximate surface area is 142 Å². The van der Waals surface area contributed by atoms with Gasteiger partial charge in [0.15, 0.2) is 0 Å². The van der Waals surface area contributed by atoms with E-state index in [9.17, 15) is 4.79 Å². The van der Waals surface area contributed by atoms with Crippen LogP contribution in [-0.2, 0) is 4.74 Å². The smallest absolute Gasteiger partial charge is 0.410 e. The van der Waals surface area contributed by atoms with Crippen molar-refractivity contribution in [1.82, 2.24) is 9.80 Å². The summed E-state index contributed by atoms with van der Waals surface area (Å²) in [6.07, 6.45) is 8.78. The van der Waals surface area contributed by atoms with Crippen LogP contribution in [0.5, 0.6) is 0 Å². The molecule has 1 aliphatic heterocycles. The first-order chi connectivity index (χ1) is 10.7. The number of amides is 1. The Bertz CT molecular complexity index is 397. The lowest BCUT2D eigenvalue weighted by Crippen LogP contribution is -2.50. The Hall–Kier alpha value is -1.03. The van der Waals surface area contributed by atoms with Crippen molar-refractivity contribution < 1.29 is 9.53 Å². The van der Waals surface area contributed by atoms with Gasteiger partial charge in [0.05, 0.1) is 0 Å². The van der Waals surface area contributed by atoms with Gasteiger partial charge in [-0.05, 0) is 73.8 Å². The molecule has 0 radical (unpaired) electrons. The summed E-state index contributed by atoms with van der Waals surface area (Å²) < 4.78 is 5.59. The molecule has 4 nitrogen and oxygen atoms in total. The fourth-order valence-corrected chi connectivity index (χ4v) is 2.87. The lowest BCUT2D eigenvalue weighted by atomic mass is 9.99. The molecule has 0 atom stereocenters. The zero-order chi connectivity index (χ0) is 17.5. The summed E-state index contributed by atoms with van der Waals surface area (Å²) in [6.45, 7) is 16.0. The van der Waals surface area contributed by atoms with Gasteiger partial charge < -0.3 is 14.5 Å². The van der Waals surface area contributed by atoms with E-state index in [4.69, 9.17) is 4.74 Å². The van der Waals surface area contributed by atoms with Crippen LogP contribution in [0.25, 0.3) is 0 Å². The second-order valence-corrected chi connectivity index (χ2v) is 8.10. The summed E-state index contributed by atoms with van der Waals surface area (Å²) >= 11 is 0. The first-order valence-corrected chi connectivity index (χ1v) is 9.00. The third-order valence-electron chi connectivity index (χ3n) is 4.36. The van der Waals surface area contributed by atoms with Gasteiger partial charge in [-0.15, -0.1) is 0 Å². The summed E-state index contributed by atoms with van der Waals surface area (Å²) in [5.74, 6) is 0. The van der Waals surface area contributed by atoms with Crippen molar-refractivity contribution in [1.29, 1.82) is 0 Å². The molecule has 1 amide bonds. The number of allylic oxidation sites excluding steroid dienone is 2. The summed E-state index contributed by atoms with van der Waals surface area (Å²) in [5, 5.41) is 0. The molecule has 0 N–H and O–H groups in total. The minimum absolute atomic E-state index is 0.151. The Morgan fingerprint density at radius 3 is 2.48 bits per heavy atom. The van der Waals surface area contributed by atoms with Crippen molar-refractivity contribution >= 4 is 6.09 Å². The molecule has 1 aliphatic rings. The van der Waals surface area contributed by atoms with Crippen LogP contribution in [0.2, 0.25) is 0 Å². The van der Waals surface area contributed by atoms with Gasteiger partial charge in [0.25, 0.3) is 0 Å². The van der Waals surface area contributed by atoms with E-state index in [0.717, 1.165) is 32.6 Å². The molecule has 4 heteroatoms. The van der Waals surface area contributed by atoms with E-state index in [1.807, 2.05) is 25.7 Å². The molecule has 1 heterocycles. The third kappa shape index (κ3) is 7.38. The fourth-order valence-electron chi connectivity index (χ4n) is 2.87. The predicted molar refractivity (Wildman–Crippen MR) is 96.7 cm³/mol. The van der Waals surface area contributed by atoms with Gasteiger partial charge in [-0.2, -0.15) is 0 Å². The number of unbranched alkanes of at least 4 members (excludes halogenated alkanes) is 2. The van der Waals surface area contributed by atoms with E-state index in [2.05, 4.69) is 37.8 Å². The van der Waals surface area contributed by atoms with Gasteiger partial charge in [-0.1, -0.05) is 12.2 Å². The minimum atomic E-state index is -0.439. The largest absolute Gasteiger partial charge is 0.444 e. The average Bonchev–Trinajstić information content (AvgIpc) is 2.55. The predicted octanol–water partition coefficient (Wildman–Crippen LogP) is 4.45. The number of nitrogens with zero attached hydrogens (tertiary/aromatic N) is 2. The number of hydrogen-bond acceptors (Lipinski definition) is 3. The van der Waals surface area contributed by atoms with Crippen LogP contribution in [-0.4, -0.2) is 53.2 Å². The van der Waals surface area contributed by atoms with Crippen molar-refractivity contribution in [3.8, 4) is 0 Å². The van der Waals surface area contributed by atoms with Crippen LogP contribution < -0.4 is 0 Å². The molecule has 1 saturated heterocycles. The highest BCUT2D eigenvalue weighted by molar-refractivity contribution is 5.69. The molecule has 0 aromatic rings. The highest BCUT2D eigenvalue weighted by Gasteiger charge is 2.36. The summed E-state index contributed by atoms with van der Waals surface area (Å²) in [7, 11) is 0. The van der Waals surface area contributed by atoms with E-state index >= 15 is 0 Å². The van der Waals surface area contributed by atoms with Crippen molar-refractivity contribution in [3.05, 3.63) is 12.2 Å². The van der Waals surface area contributed by atoms with Gasteiger partial charge >= 0.3 is 6.09 Å². The first-order valence-electron chi connectivity index (χ1n) is 9.00. The topological polar surface area (TPSA) is 32.8 Å². The fraction of sp³-hybridized carbons (Fsp3) is 0.842. The van der Waals surface area contributed by atoms with E-state index in [1.165, 1.54) is 19.3 Å². The van der Waals surface area contributed by atoms with Gasteiger partial charge in [0, 0.05) is 25.2 Å². The molecule has 1 fully saturated rings. The molecule has 1 rings (SSSR count). The van der Waals surface area contributed by atoms with Crippen molar-refractivity contribution in [2.45, 2.75) is 78.4 Å². The Morgan fingerprint density at radius 1 is 1.17 bits per heavy atom. The maximum atomic E-state index is 12.5. The number of carbonyl (C=O) groups is 1. The molecule has 0 aromatic heterocycles. The monoisotopic (exact) mass is 324 g/mol. The lowest BCUT2D eigenvalue weighted by molar-refractivity contribution is 0.00497. The Balaban J connectivity index is 2.53. The SMILES string of the molecule is C/C=C\CCCCN1CCN(C(=O)OC(C)(C)C)C(C)(C)CC1. The summed E-state index contributed by atoms with van der Waals surface area (Å²) in [4.78, 5) is 16.9. The van der Waals surface area contributed by atoms with Gasteiger partial charge in [-0.3, -0.25) is 0 Å². The second-order valence-electron chi connectivity index (χ2n) is 8.10. The van der Waals surface area contributed by atoms with Crippen LogP contribution in [0, 0.1) is 0 Å².